The Bertz CT molecular complexity index is 3760. The molecule has 64 heavy (non-hydrogen) atoms. The van der Waals surface area contributed by atoms with Gasteiger partial charge in [0.05, 0.1) is 11.0 Å². The van der Waals surface area contributed by atoms with Gasteiger partial charge in [0.1, 0.15) is 11.2 Å². The molecule has 0 saturated heterocycles. The first-order chi connectivity index (χ1) is 31.5. The highest BCUT2D eigenvalue weighted by molar-refractivity contribution is 6.12. The zero-order chi connectivity index (χ0) is 42.5. The van der Waals surface area contributed by atoms with Crippen molar-refractivity contribution in [2.75, 3.05) is 4.90 Å². The molecule has 1 aliphatic carbocycles. The largest absolute Gasteiger partial charge is 0.455 e. The third-order valence-corrected chi connectivity index (χ3v) is 13.8. The highest BCUT2D eigenvalue weighted by atomic mass is 16.3. The second kappa shape index (κ2) is 13.9. The monoisotopic (exact) mass is 818 g/mol. The summed E-state index contributed by atoms with van der Waals surface area (Å²) in [4.78, 5) is 2.40. The summed E-state index contributed by atoms with van der Waals surface area (Å²) in [5.74, 6) is 0. The van der Waals surface area contributed by atoms with Crippen molar-refractivity contribution in [2.24, 2.45) is 0 Å². The highest BCUT2D eigenvalue weighted by Gasteiger charge is 2.35. The second-order valence-electron chi connectivity index (χ2n) is 17.7. The molecule has 3 heteroatoms. The maximum Gasteiger partial charge on any atom is 0.143 e. The Hall–Kier alpha value is -8.14. The summed E-state index contributed by atoms with van der Waals surface area (Å²) in [6.45, 7) is 4.70. The number of hydrogen-bond acceptors (Lipinski definition) is 2. The molecule has 0 amide bonds. The minimum absolute atomic E-state index is 0.0618. The number of fused-ring (bicyclic) bond motifs is 10. The summed E-state index contributed by atoms with van der Waals surface area (Å²) in [6.07, 6.45) is 0. The van der Waals surface area contributed by atoms with Gasteiger partial charge >= 0.3 is 0 Å². The summed E-state index contributed by atoms with van der Waals surface area (Å²) in [5.41, 5.74) is 18.4. The van der Waals surface area contributed by atoms with Crippen molar-refractivity contribution < 1.29 is 4.42 Å². The zero-order valence-electron chi connectivity index (χ0n) is 35.6. The number of nitrogens with zero attached hydrogens (tertiary/aromatic N) is 2. The molecule has 2 aromatic heterocycles. The van der Waals surface area contributed by atoms with Crippen molar-refractivity contribution in [1.82, 2.24) is 4.57 Å². The molecule has 0 unspecified atom stereocenters. The summed E-state index contributed by atoms with van der Waals surface area (Å²) < 4.78 is 9.14. The smallest absolute Gasteiger partial charge is 0.143 e. The molecule has 0 spiro atoms. The van der Waals surface area contributed by atoms with E-state index in [9.17, 15) is 0 Å². The lowest BCUT2D eigenvalue weighted by atomic mass is 9.81. The average Bonchev–Trinajstić information content (AvgIpc) is 3.97. The number of furan rings is 1. The summed E-state index contributed by atoms with van der Waals surface area (Å²) in [6, 6.07) is 79.7. The van der Waals surface area contributed by atoms with Crippen LogP contribution in [0.2, 0.25) is 0 Å². The van der Waals surface area contributed by atoms with Crippen LogP contribution in [0, 0.1) is 0 Å². The number of aromatic nitrogens is 1. The molecule has 0 fully saturated rings. The molecule has 12 aromatic rings. The fourth-order valence-corrected chi connectivity index (χ4v) is 10.6. The molecule has 3 nitrogen and oxygen atoms in total. The van der Waals surface area contributed by atoms with Gasteiger partial charge in [0, 0.05) is 55.3 Å². The molecule has 1 aliphatic rings. The third-order valence-electron chi connectivity index (χ3n) is 13.8. The van der Waals surface area contributed by atoms with Crippen LogP contribution >= 0.6 is 0 Å². The van der Waals surface area contributed by atoms with Gasteiger partial charge in [-0.2, -0.15) is 0 Å². The molecule has 10 aromatic carbocycles. The van der Waals surface area contributed by atoms with E-state index in [1.807, 2.05) is 0 Å². The lowest BCUT2D eigenvalue weighted by Crippen LogP contribution is -2.14. The van der Waals surface area contributed by atoms with Gasteiger partial charge in [0.2, 0.25) is 0 Å². The summed E-state index contributed by atoms with van der Waals surface area (Å²) in [7, 11) is 0. The van der Waals surface area contributed by atoms with E-state index in [0.717, 1.165) is 55.8 Å². The fraction of sp³-hybridized carbons (Fsp3) is 0.0492. The lowest BCUT2D eigenvalue weighted by molar-refractivity contribution is 0.660. The highest BCUT2D eigenvalue weighted by Crippen LogP contribution is 2.50. The van der Waals surface area contributed by atoms with Gasteiger partial charge in [-0.05, 0) is 123 Å². The Kier molecular flexibility index (Phi) is 7.95. The van der Waals surface area contributed by atoms with Gasteiger partial charge in [0.25, 0.3) is 0 Å². The molecule has 2 heterocycles. The minimum atomic E-state index is -0.0618. The van der Waals surface area contributed by atoms with Gasteiger partial charge < -0.3 is 13.9 Å². The maximum atomic E-state index is 6.77. The molecule has 0 saturated carbocycles. The predicted octanol–water partition coefficient (Wildman–Crippen LogP) is 16.9. The van der Waals surface area contributed by atoms with E-state index in [4.69, 9.17) is 4.42 Å². The Balaban J connectivity index is 0.967. The lowest BCUT2D eigenvalue weighted by Gasteiger charge is -2.27. The van der Waals surface area contributed by atoms with Crippen LogP contribution in [0.15, 0.2) is 223 Å². The van der Waals surface area contributed by atoms with Crippen molar-refractivity contribution in [3.05, 3.63) is 230 Å². The zero-order valence-corrected chi connectivity index (χ0v) is 35.6. The van der Waals surface area contributed by atoms with Crippen molar-refractivity contribution >= 4 is 71.6 Å². The van der Waals surface area contributed by atoms with Crippen molar-refractivity contribution in [3.8, 4) is 39.1 Å². The average molecular weight is 819 g/mol. The quantitative estimate of drug-likeness (QED) is 0.167. The van der Waals surface area contributed by atoms with E-state index in [1.54, 1.807) is 0 Å². The molecular formula is C61H42N2O. The fourth-order valence-electron chi connectivity index (χ4n) is 10.6. The topological polar surface area (TPSA) is 21.3 Å². The van der Waals surface area contributed by atoms with Crippen molar-refractivity contribution in [2.45, 2.75) is 19.3 Å². The first-order valence-electron chi connectivity index (χ1n) is 22.2. The van der Waals surface area contributed by atoms with Crippen LogP contribution in [-0.2, 0) is 5.41 Å². The van der Waals surface area contributed by atoms with Crippen LogP contribution in [0.5, 0.6) is 0 Å². The summed E-state index contributed by atoms with van der Waals surface area (Å²) >= 11 is 0. The molecule has 0 aliphatic heterocycles. The van der Waals surface area contributed by atoms with Crippen molar-refractivity contribution in [3.63, 3.8) is 0 Å². The van der Waals surface area contributed by atoms with Gasteiger partial charge in [-0.1, -0.05) is 159 Å². The van der Waals surface area contributed by atoms with E-state index in [2.05, 4.69) is 242 Å². The van der Waals surface area contributed by atoms with Gasteiger partial charge in [-0.3, -0.25) is 0 Å². The van der Waals surface area contributed by atoms with Gasteiger partial charge in [-0.25, -0.2) is 0 Å². The van der Waals surface area contributed by atoms with Crippen LogP contribution in [0.3, 0.4) is 0 Å². The summed E-state index contributed by atoms with van der Waals surface area (Å²) in [5, 5.41) is 7.09. The first kappa shape index (κ1) is 36.5. The van der Waals surface area contributed by atoms with Crippen LogP contribution < -0.4 is 4.90 Å². The SMILES string of the molecule is CC1(C)c2ccccc2-c2ccc(-c3ccc(N(c4ccc5ccccc5c4)c4cc(-c5ccc(-n6c7ccccc7c7ccccc76)cc5)c5oc6ccccc6c5c4)cc3)cc21. The first-order valence-corrected chi connectivity index (χ1v) is 22.2. The van der Waals surface area contributed by atoms with Crippen molar-refractivity contribution in [1.29, 1.82) is 0 Å². The van der Waals surface area contributed by atoms with Crippen LogP contribution in [0.25, 0.3) is 93.6 Å². The Morgan fingerprint density at radius 1 is 0.391 bits per heavy atom. The van der Waals surface area contributed by atoms with Gasteiger partial charge in [0.15, 0.2) is 0 Å². The van der Waals surface area contributed by atoms with Crippen LogP contribution in [-0.4, -0.2) is 4.57 Å². The van der Waals surface area contributed by atoms with E-state index < -0.39 is 0 Å². The standard InChI is InChI=1S/C61H42N2O/c1-61(2)55-19-9-5-15-48(55)49-34-28-43(36-56(49)61)40-23-29-44(30-24-40)62(46-33-25-39-13-3-4-14-42(39)35-46)47-37-53(60-54(38-47)52-18-8-12-22-59(52)64-60)41-26-31-45(32-27-41)63-57-20-10-6-16-50(57)51-17-7-11-21-58(51)63/h3-38H,1-2H3. The minimum Gasteiger partial charge on any atom is -0.455 e. The molecule has 0 atom stereocenters. The number of benzene rings is 10. The normalized spacial score (nSPS) is 13.0. The van der Waals surface area contributed by atoms with Gasteiger partial charge in [-0.15, -0.1) is 0 Å². The van der Waals surface area contributed by atoms with E-state index >= 15 is 0 Å². The number of rotatable bonds is 6. The Labute approximate surface area is 371 Å². The van der Waals surface area contributed by atoms with E-state index in [1.165, 1.54) is 66.0 Å². The molecule has 302 valence electrons. The van der Waals surface area contributed by atoms with E-state index in [-0.39, 0.29) is 5.41 Å². The second-order valence-corrected chi connectivity index (χ2v) is 17.7. The molecule has 13 rings (SSSR count). The van der Waals surface area contributed by atoms with Crippen LogP contribution in [0.4, 0.5) is 17.1 Å². The number of para-hydroxylation sites is 3. The molecule has 0 radical (unpaired) electrons. The molecular weight excluding hydrogens is 777 g/mol. The predicted molar refractivity (Wildman–Crippen MR) is 269 cm³/mol. The van der Waals surface area contributed by atoms with Crippen LogP contribution in [0.1, 0.15) is 25.0 Å². The molecule has 0 bridgehead atoms. The maximum absolute atomic E-state index is 6.77. The Morgan fingerprint density at radius 2 is 1.00 bits per heavy atom. The number of anilines is 3. The number of hydrogen-bond donors (Lipinski definition) is 0. The third kappa shape index (κ3) is 5.54. The Morgan fingerprint density at radius 3 is 1.78 bits per heavy atom. The molecule has 0 N–H and O–H groups in total. The van der Waals surface area contributed by atoms with E-state index in [0.29, 0.717) is 0 Å².